The lowest BCUT2D eigenvalue weighted by Crippen LogP contribution is -1.99. The van der Waals surface area contributed by atoms with Gasteiger partial charge in [0.25, 0.3) is 0 Å². The Bertz CT molecular complexity index is 844. The highest BCUT2D eigenvalue weighted by Gasteiger charge is 2.14. The van der Waals surface area contributed by atoms with Crippen LogP contribution in [0.25, 0.3) is 11.0 Å². The zero-order chi connectivity index (χ0) is 15.0. The van der Waals surface area contributed by atoms with Gasteiger partial charge in [0.05, 0.1) is 11.1 Å². The van der Waals surface area contributed by atoms with E-state index in [-0.39, 0.29) is 22.5 Å². The molecule has 7 heteroatoms. The van der Waals surface area contributed by atoms with Gasteiger partial charge in [-0.05, 0) is 18.2 Å². The van der Waals surface area contributed by atoms with Crippen LogP contribution in [0.2, 0.25) is 0 Å². The first-order valence-corrected chi connectivity index (χ1v) is 6.07. The first-order valence-electron chi connectivity index (χ1n) is 6.07. The molecule has 0 fully saturated rings. The monoisotopic (exact) mass is 288 g/mol. The summed E-state index contributed by atoms with van der Waals surface area (Å²) >= 11 is 0. The van der Waals surface area contributed by atoms with E-state index in [0.29, 0.717) is 11.9 Å². The van der Waals surface area contributed by atoms with Crippen molar-refractivity contribution >= 4 is 28.8 Å². The van der Waals surface area contributed by atoms with Gasteiger partial charge in [-0.1, -0.05) is 0 Å². The molecular weight excluding hydrogens is 278 g/mol. The number of benzene rings is 1. The maximum atomic E-state index is 13.9. The number of carbonyl (C=O) groups is 1. The maximum Gasteiger partial charge on any atom is 0.154 e. The summed E-state index contributed by atoms with van der Waals surface area (Å²) in [6, 6.07) is 3.95. The standard InChI is InChI=1S/C14H10F2N4O/c1-20-5-10(16)12-13(17-7-18-14(12)20)19-11-3-2-8(6-21)4-9(11)15/h2-7H,1H3,(H,17,18,19). The lowest BCUT2D eigenvalue weighted by molar-refractivity contribution is 0.112. The van der Waals surface area contributed by atoms with Gasteiger partial charge in [-0.25, -0.2) is 18.7 Å². The molecule has 1 N–H and O–H groups in total. The Morgan fingerprint density at radius 2 is 2.05 bits per heavy atom. The third-order valence-electron chi connectivity index (χ3n) is 3.09. The molecule has 106 valence electrons. The van der Waals surface area contributed by atoms with Crippen LogP contribution in [0.15, 0.2) is 30.7 Å². The van der Waals surface area contributed by atoms with Crippen LogP contribution in [-0.4, -0.2) is 20.8 Å². The molecule has 0 unspecified atom stereocenters. The second-order valence-electron chi connectivity index (χ2n) is 4.49. The van der Waals surface area contributed by atoms with Gasteiger partial charge in [0, 0.05) is 18.8 Å². The number of fused-ring (bicyclic) bond motifs is 1. The molecule has 0 radical (unpaired) electrons. The highest BCUT2D eigenvalue weighted by molar-refractivity contribution is 5.90. The molecular formula is C14H10F2N4O. The Labute approximate surface area is 118 Å². The highest BCUT2D eigenvalue weighted by Crippen LogP contribution is 2.27. The number of rotatable bonds is 3. The third-order valence-corrected chi connectivity index (χ3v) is 3.09. The molecule has 0 aliphatic heterocycles. The summed E-state index contributed by atoms with van der Waals surface area (Å²) in [7, 11) is 1.65. The lowest BCUT2D eigenvalue weighted by Gasteiger charge is -2.08. The van der Waals surface area contributed by atoms with Gasteiger partial charge < -0.3 is 9.88 Å². The molecule has 2 aromatic heterocycles. The average molecular weight is 288 g/mol. The summed E-state index contributed by atoms with van der Waals surface area (Å²) in [6.07, 6.45) is 3.09. The summed E-state index contributed by atoms with van der Waals surface area (Å²) in [6.45, 7) is 0. The van der Waals surface area contributed by atoms with Crippen molar-refractivity contribution in [3.05, 3.63) is 47.9 Å². The van der Waals surface area contributed by atoms with Gasteiger partial charge >= 0.3 is 0 Å². The predicted molar refractivity (Wildman–Crippen MR) is 73.5 cm³/mol. The summed E-state index contributed by atoms with van der Waals surface area (Å²) in [5.74, 6) is -0.959. The van der Waals surface area contributed by atoms with Crippen molar-refractivity contribution in [1.82, 2.24) is 14.5 Å². The van der Waals surface area contributed by atoms with E-state index >= 15 is 0 Å². The average Bonchev–Trinajstić information content (AvgIpc) is 2.77. The summed E-state index contributed by atoms with van der Waals surface area (Å²) in [5.41, 5.74) is 0.718. The minimum absolute atomic E-state index is 0.101. The Morgan fingerprint density at radius 1 is 1.24 bits per heavy atom. The Morgan fingerprint density at radius 3 is 2.76 bits per heavy atom. The molecule has 3 aromatic rings. The quantitative estimate of drug-likeness (QED) is 0.753. The smallest absolute Gasteiger partial charge is 0.154 e. The van der Waals surface area contributed by atoms with Crippen LogP contribution in [0.4, 0.5) is 20.3 Å². The zero-order valence-electron chi connectivity index (χ0n) is 11.0. The highest BCUT2D eigenvalue weighted by atomic mass is 19.1. The molecule has 0 aliphatic rings. The fourth-order valence-corrected chi connectivity index (χ4v) is 2.09. The van der Waals surface area contributed by atoms with Gasteiger partial charge in [0.15, 0.2) is 5.82 Å². The van der Waals surface area contributed by atoms with Crippen LogP contribution in [0.5, 0.6) is 0 Å². The van der Waals surface area contributed by atoms with E-state index in [4.69, 9.17) is 0 Å². The molecule has 0 spiro atoms. The van der Waals surface area contributed by atoms with Crippen LogP contribution in [0.3, 0.4) is 0 Å². The van der Waals surface area contributed by atoms with Crippen molar-refractivity contribution in [3.63, 3.8) is 0 Å². The second-order valence-corrected chi connectivity index (χ2v) is 4.49. The van der Waals surface area contributed by atoms with Crippen LogP contribution >= 0.6 is 0 Å². The number of anilines is 2. The van der Waals surface area contributed by atoms with Crippen molar-refractivity contribution in [2.45, 2.75) is 0 Å². The lowest BCUT2D eigenvalue weighted by atomic mass is 10.2. The zero-order valence-corrected chi connectivity index (χ0v) is 11.0. The largest absolute Gasteiger partial charge is 0.337 e. The van der Waals surface area contributed by atoms with Gasteiger partial charge in [0.2, 0.25) is 0 Å². The summed E-state index contributed by atoms with van der Waals surface area (Å²) in [5, 5.41) is 2.90. The van der Waals surface area contributed by atoms with Crippen molar-refractivity contribution in [2.24, 2.45) is 7.05 Å². The van der Waals surface area contributed by atoms with Crippen molar-refractivity contribution in [2.75, 3.05) is 5.32 Å². The third kappa shape index (κ3) is 2.22. The SMILES string of the molecule is Cn1cc(F)c2c(Nc3ccc(C=O)cc3F)ncnc21. The van der Waals surface area contributed by atoms with E-state index in [1.807, 2.05) is 0 Å². The number of hydrogen-bond acceptors (Lipinski definition) is 4. The first-order chi connectivity index (χ1) is 10.1. The normalized spacial score (nSPS) is 10.8. The van der Waals surface area contributed by atoms with E-state index in [2.05, 4.69) is 15.3 Å². The number of nitrogens with zero attached hydrogens (tertiary/aromatic N) is 3. The van der Waals surface area contributed by atoms with Crippen LogP contribution < -0.4 is 5.32 Å². The fourth-order valence-electron chi connectivity index (χ4n) is 2.09. The number of aryl methyl sites for hydroxylation is 1. The Kier molecular flexibility index (Phi) is 3.09. The topological polar surface area (TPSA) is 59.8 Å². The van der Waals surface area contributed by atoms with E-state index in [0.717, 1.165) is 6.07 Å². The maximum absolute atomic E-state index is 13.9. The summed E-state index contributed by atoms with van der Waals surface area (Å²) < 4.78 is 29.3. The number of aromatic nitrogens is 3. The van der Waals surface area contributed by atoms with Gasteiger partial charge in [-0.2, -0.15) is 0 Å². The summed E-state index contributed by atoms with van der Waals surface area (Å²) in [4.78, 5) is 18.5. The van der Waals surface area contributed by atoms with Gasteiger partial charge in [0.1, 0.15) is 29.9 Å². The van der Waals surface area contributed by atoms with E-state index in [1.165, 1.54) is 29.2 Å². The molecule has 0 atom stereocenters. The van der Waals surface area contributed by atoms with E-state index in [9.17, 15) is 13.6 Å². The molecule has 0 saturated heterocycles. The van der Waals surface area contributed by atoms with Crippen molar-refractivity contribution in [1.29, 1.82) is 0 Å². The molecule has 21 heavy (non-hydrogen) atoms. The van der Waals surface area contributed by atoms with Crippen LogP contribution in [0.1, 0.15) is 10.4 Å². The second kappa shape index (κ2) is 4.93. The Balaban J connectivity index is 2.08. The van der Waals surface area contributed by atoms with Gasteiger partial charge in [-0.15, -0.1) is 0 Å². The number of hydrogen-bond donors (Lipinski definition) is 1. The number of carbonyl (C=O) groups excluding carboxylic acids is 1. The molecule has 3 rings (SSSR count). The number of aldehydes is 1. The molecule has 0 aliphatic carbocycles. The van der Waals surface area contributed by atoms with E-state index < -0.39 is 11.6 Å². The van der Waals surface area contributed by atoms with Crippen molar-refractivity contribution in [3.8, 4) is 0 Å². The molecule has 2 heterocycles. The minimum atomic E-state index is -0.622. The van der Waals surface area contributed by atoms with E-state index in [1.54, 1.807) is 7.05 Å². The fraction of sp³-hybridized carbons (Fsp3) is 0.0714. The number of halogens is 2. The molecule has 0 amide bonds. The molecule has 0 saturated carbocycles. The molecule has 0 bridgehead atoms. The number of nitrogens with one attached hydrogen (secondary N) is 1. The van der Waals surface area contributed by atoms with Crippen LogP contribution in [-0.2, 0) is 7.05 Å². The molecule has 1 aromatic carbocycles. The first kappa shape index (κ1) is 13.2. The molecule has 5 nitrogen and oxygen atoms in total. The minimum Gasteiger partial charge on any atom is -0.337 e. The van der Waals surface area contributed by atoms with Crippen LogP contribution in [0, 0.1) is 11.6 Å². The van der Waals surface area contributed by atoms with Crippen molar-refractivity contribution < 1.29 is 13.6 Å². The Hall–Kier alpha value is -2.83. The predicted octanol–water partition coefficient (Wildman–Crippen LogP) is 2.80. The van der Waals surface area contributed by atoms with Gasteiger partial charge in [-0.3, -0.25) is 4.79 Å².